The van der Waals surface area contributed by atoms with Crippen molar-refractivity contribution in [3.05, 3.63) is 69.8 Å². The van der Waals surface area contributed by atoms with Gasteiger partial charge in [-0.25, -0.2) is 8.42 Å². The van der Waals surface area contributed by atoms with Gasteiger partial charge in [0.1, 0.15) is 0 Å². The van der Waals surface area contributed by atoms with Crippen LogP contribution >= 0.6 is 0 Å². The minimum atomic E-state index is -3.19. The predicted molar refractivity (Wildman–Crippen MR) is 121 cm³/mol. The van der Waals surface area contributed by atoms with E-state index in [2.05, 4.69) is 5.32 Å². The Morgan fingerprint density at radius 3 is 2.10 bits per heavy atom. The van der Waals surface area contributed by atoms with Gasteiger partial charge >= 0.3 is 0 Å². The predicted octanol–water partition coefficient (Wildman–Crippen LogP) is 4.19. The van der Waals surface area contributed by atoms with Crippen molar-refractivity contribution >= 4 is 21.5 Å². The van der Waals surface area contributed by atoms with E-state index in [-0.39, 0.29) is 29.9 Å². The van der Waals surface area contributed by atoms with Crippen LogP contribution in [0.25, 0.3) is 0 Å². The Labute approximate surface area is 179 Å². The molecule has 0 aliphatic rings. The fourth-order valence-electron chi connectivity index (χ4n) is 3.15. The number of hydrogen-bond donors (Lipinski definition) is 1. The second kappa shape index (κ2) is 9.56. The Bertz CT molecular complexity index is 1040. The molecule has 0 heterocycles. The van der Waals surface area contributed by atoms with Crippen molar-refractivity contribution in [2.45, 2.75) is 65.0 Å². The monoisotopic (exact) mass is 429 g/mol. The van der Waals surface area contributed by atoms with Gasteiger partial charge in [-0.15, -0.1) is 0 Å². The number of rotatable bonds is 8. The van der Waals surface area contributed by atoms with Crippen LogP contribution < -0.4 is 5.32 Å². The third kappa shape index (κ3) is 6.02. The standard InChI is InChI=1S/C24H31NO4S/c1-15(2)25-24(27)22-12-17(5)11-21(18(22)6)13-23(26)20-9-7-19(8-10-20)14-30(28,29)16(3)4/h7-12,15-16H,13-14H2,1-6H3,(H,25,27). The molecule has 1 N–H and O–H groups in total. The molecule has 0 saturated heterocycles. The van der Waals surface area contributed by atoms with Gasteiger partial charge in [0.05, 0.1) is 11.0 Å². The van der Waals surface area contributed by atoms with Crippen LogP contribution in [0.1, 0.15) is 70.7 Å². The van der Waals surface area contributed by atoms with Gasteiger partial charge < -0.3 is 5.32 Å². The second-order valence-electron chi connectivity index (χ2n) is 8.38. The van der Waals surface area contributed by atoms with Crippen molar-refractivity contribution in [1.82, 2.24) is 5.32 Å². The van der Waals surface area contributed by atoms with E-state index in [1.54, 1.807) is 38.1 Å². The van der Waals surface area contributed by atoms with Crippen LogP contribution in [-0.2, 0) is 22.0 Å². The molecule has 0 unspecified atom stereocenters. The van der Waals surface area contributed by atoms with Gasteiger partial charge in [-0.1, -0.05) is 35.9 Å². The zero-order valence-electron chi connectivity index (χ0n) is 18.6. The molecule has 1 amide bonds. The number of aryl methyl sites for hydroxylation is 1. The molecule has 2 rings (SSSR count). The van der Waals surface area contributed by atoms with Crippen LogP contribution in [0.2, 0.25) is 0 Å². The van der Waals surface area contributed by atoms with E-state index < -0.39 is 15.1 Å². The van der Waals surface area contributed by atoms with Gasteiger partial charge in [-0.2, -0.15) is 0 Å². The summed E-state index contributed by atoms with van der Waals surface area (Å²) in [5.74, 6) is -0.252. The largest absolute Gasteiger partial charge is 0.350 e. The summed E-state index contributed by atoms with van der Waals surface area (Å²) in [7, 11) is -3.19. The quantitative estimate of drug-likeness (QED) is 0.638. The van der Waals surface area contributed by atoms with Gasteiger partial charge in [0.2, 0.25) is 0 Å². The Morgan fingerprint density at radius 2 is 1.57 bits per heavy atom. The fourth-order valence-corrected chi connectivity index (χ4v) is 4.14. The topological polar surface area (TPSA) is 80.3 Å². The lowest BCUT2D eigenvalue weighted by Crippen LogP contribution is -2.31. The number of ketones is 1. The molecule has 0 aliphatic heterocycles. The Hall–Kier alpha value is -2.47. The molecule has 0 atom stereocenters. The highest BCUT2D eigenvalue weighted by atomic mass is 32.2. The van der Waals surface area contributed by atoms with Crippen molar-refractivity contribution in [3.8, 4) is 0 Å². The lowest BCUT2D eigenvalue weighted by Gasteiger charge is -2.15. The van der Waals surface area contributed by atoms with Crippen molar-refractivity contribution < 1.29 is 18.0 Å². The van der Waals surface area contributed by atoms with Crippen LogP contribution in [0.5, 0.6) is 0 Å². The molecule has 0 saturated carbocycles. The number of benzene rings is 2. The highest BCUT2D eigenvalue weighted by Gasteiger charge is 2.18. The van der Waals surface area contributed by atoms with E-state index in [0.717, 1.165) is 16.7 Å². The lowest BCUT2D eigenvalue weighted by molar-refractivity contribution is 0.0939. The molecule has 0 aliphatic carbocycles. The Balaban J connectivity index is 2.22. The maximum absolute atomic E-state index is 12.8. The molecule has 30 heavy (non-hydrogen) atoms. The van der Waals surface area contributed by atoms with Gasteiger partial charge in [0, 0.05) is 23.6 Å². The van der Waals surface area contributed by atoms with Gasteiger partial charge in [0.15, 0.2) is 15.6 Å². The first-order chi connectivity index (χ1) is 13.9. The van der Waals surface area contributed by atoms with Crippen LogP contribution in [0.4, 0.5) is 0 Å². The summed E-state index contributed by atoms with van der Waals surface area (Å²) in [5, 5.41) is 2.46. The summed E-state index contributed by atoms with van der Waals surface area (Å²) < 4.78 is 24.2. The number of hydrogen-bond acceptors (Lipinski definition) is 4. The van der Waals surface area contributed by atoms with Crippen LogP contribution in [0, 0.1) is 13.8 Å². The summed E-state index contributed by atoms with van der Waals surface area (Å²) in [6.07, 6.45) is 0.180. The molecule has 0 bridgehead atoms. The molecule has 2 aromatic carbocycles. The van der Waals surface area contributed by atoms with Crippen molar-refractivity contribution in [2.24, 2.45) is 0 Å². The number of nitrogens with one attached hydrogen (secondary N) is 1. The molecule has 6 heteroatoms. The van der Waals surface area contributed by atoms with E-state index in [9.17, 15) is 18.0 Å². The van der Waals surface area contributed by atoms with E-state index in [1.807, 2.05) is 39.8 Å². The molecule has 5 nitrogen and oxygen atoms in total. The smallest absolute Gasteiger partial charge is 0.251 e. The molecular formula is C24H31NO4S. The second-order valence-corrected chi connectivity index (χ2v) is 10.9. The first kappa shape index (κ1) is 23.8. The molecule has 162 valence electrons. The highest BCUT2D eigenvalue weighted by molar-refractivity contribution is 7.91. The fraction of sp³-hybridized carbons (Fsp3) is 0.417. The van der Waals surface area contributed by atoms with Gasteiger partial charge in [-0.05, 0) is 64.3 Å². The van der Waals surface area contributed by atoms with Crippen LogP contribution in [0.15, 0.2) is 36.4 Å². The zero-order valence-corrected chi connectivity index (χ0v) is 19.4. The van der Waals surface area contributed by atoms with E-state index in [0.29, 0.717) is 16.7 Å². The Kier molecular flexibility index (Phi) is 7.59. The number of Topliss-reactive ketones (excluding diaryl/α,β-unsaturated/α-hetero) is 1. The van der Waals surface area contributed by atoms with E-state index in [4.69, 9.17) is 0 Å². The SMILES string of the molecule is Cc1cc(CC(=O)c2ccc(CS(=O)(=O)C(C)C)cc2)c(C)c(C(=O)NC(C)C)c1. The average molecular weight is 430 g/mol. The molecule has 0 aromatic heterocycles. The summed E-state index contributed by atoms with van der Waals surface area (Å²) in [5.41, 5.74) is 4.31. The zero-order chi connectivity index (χ0) is 22.6. The maximum Gasteiger partial charge on any atom is 0.251 e. The first-order valence-corrected chi connectivity index (χ1v) is 11.9. The number of carbonyl (C=O) groups excluding carboxylic acids is 2. The summed E-state index contributed by atoms with van der Waals surface area (Å²) in [6.45, 7) is 10.9. The van der Waals surface area contributed by atoms with Crippen LogP contribution in [0.3, 0.4) is 0 Å². The minimum Gasteiger partial charge on any atom is -0.350 e. The highest BCUT2D eigenvalue weighted by Crippen LogP contribution is 2.20. The van der Waals surface area contributed by atoms with Crippen molar-refractivity contribution in [1.29, 1.82) is 0 Å². The third-order valence-corrected chi connectivity index (χ3v) is 7.21. The van der Waals surface area contributed by atoms with Crippen molar-refractivity contribution in [2.75, 3.05) is 0 Å². The lowest BCUT2D eigenvalue weighted by atomic mass is 9.93. The molecule has 2 aromatic rings. The number of carbonyl (C=O) groups is 2. The van der Waals surface area contributed by atoms with Gasteiger partial charge in [0.25, 0.3) is 5.91 Å². The minimum absolute atomic E-state index is 0.0283. The number of sulfone groups is 1. The summed E-state index contributed by atoms with van der Waals surface area (Å²) in [4.78, 5) is 25.3. The normalized spacial score (nSPS) is 11.7. The van der Waals surface area contributed by atoms with Crippen LogP contribution in [-0.4, -0.2) is 31.4 Å². The van der Waals surface area contributed by atoms with Crippen molar-refractivity contribution in [3.63, 3.8) is 0 Å². The van der Waals surface area contributed by atoms with Gasteiger partial charge in [-0.3, -0.25) is 9.59 Å². The van der Waals surface area contributed by atoms with E-state index >= 15 is 0 Å². The number of amides is 1. The summed E-state index contributed by atoms with van der Waals surface area (Å²) in [6, 6.07) is 10.5. The Morgan fingerprint density at radius 1 is 0.967 bits per heavy atom. The average Bonchev–Trinajstić information content (AvgIpc) is 2.63. The molecule has 0 spiro atoms. The first-order valence-electron chi connectivity index (χ1n) is 10.2. The maximum atomic E-state index is 12.8. The summed E-state index contributed by atoms with van der Waals surface area (Å²) >= 11 is 0. The molecule has 0 fully saturated rings. The third-order valence-electron chi connectivity index (χ3n) is 5.04. The molecule has 0 radical (unpaired) electrons. The molecular weight excluding hydrogens is 398 g/mol. The van der Waals surface area contributed by atoms with E-state index in [1.165, 1.54) is 0 Å².